The Labute approximate surface area is 339 Å². The van der Waals surface area contributed by atoms with Gasteiger partial charge in [0.1, 0.15) is 22.6 Å². The lowest BCUT2D eigenvalue weighted by atomic mass is 10.1. The Kier molecular flexibility index (Phi) is 7.47. The van der Waals surface area contributed by atoms with E-state index >= 15 is 0 Å². The highest BCUT2D eigenvalue weighted by molar-refractivity contribution is 7.05. The van der Waals surface area contributed by atoms with E-state index in [0.717, 1.165) is 44.5 Å². The average Bonchev–Trinajstić information content (AvgIpc) is 3.61. The lowest BCUT2D eigenvalue weighted by molar-refractivity contribution is 0.965. The highest BCUT2D eigenvalue weighted by Gasteiger charge is 2.41. The van der Waals surface area contributed by atoms with Crippen molar-refractivity contribution in [2.24, 2.45) is 30.0 Å². The molecule has 4 aliphatic carbocycles. The van der Waals surface area contributed by atoms with Crippen molar-refractivity contribution in [3.63, 3.8) is 0 Å². The van der Waals surface area contributed by atoms with E-state index in [1.165, 1.54) is 0 Å². The maximum atomic E-state index is 7.99. The van der Waals surface area contributed by atoms with E-state index in [9.17, 15) is 0 Å². The van der Waals surface area contributed by atoms with Gasteiger partial charge in [0.05, 0.1) is 19.5 Å². The van der Waals surface area contributed by atoms with Crippen molar-refractivity contribution in [3.8, 4) is 0 Å². The van der Waals surface area contributed by atoms with Crippen LogP contribution in [0.5, 0.6) is 0 Å². The Hall–Kier alpha value is -3.78. The summed E-state index contributed by atoms with van der Waals surface area (Å²) >= 11 is 24.6. The number of allylic oxidation sites excluding steroid dienone is 8. The molecule has 0 saturated heterocycles. The minimum absolute atomic E-state index is 0.476. The molecule has 0 radical (unpaired) electrons. The van der Waals surface area contributed by atoms with E-state index in [1.807, 2.05) is 132 Å². The van der Waals surface area contributed by atoms with E-state index in [1.54, 1.807) is 0 Å². The SMILES string of the molecule is CC1(Cl)C=CC2=C(C=C1)C1=Nc3c4c(c5[n]3[Al]([Cl])[n]3c(c6c(c3=NC3=NC(=N5)C5=C3C=CC(C)(Cl)C=C5)C=CC(C)(Cl)C=C6)=NC2=N1)C=CC(C)(Cl)C=C4. The average molecular weight is 825 g/mol. The largest absolute Gasteiger partial charge is 0.722 e. The fourth-order valence-corrected chi connectivity index (χ4v) is 10.8. The molecule has 2 unspecified atom stereocenters. The third-order valence-electron chi connectivity index (χ3n) is 10.3. The number of halogens is 5. The van der Waals surface area contributed by atoms with E-state index in [0.29, 0.717) is 46.0 Å². The van der Waals surface area contributed by atoms with Gasteiger partial charge in [-0.05, 0) is 27.7 Å². The molecule has 6 bridgehead atoms. The molecule has 4 aliphatic heterocycles. The Balaban J connectivity index is 1.41. The fourth-order valence-electron chi connectivity index (χ4n) is 7.35. The number of aliphatic imine (C=N–C) groups is 4. The zero-order valence-corrected chi connectivity index (χ0v) is 34.2. The third-order valence-corrected chi connectivity index (χ3v) is 14.3. The minimum atomic E-state index is -2.98. The lowest BCUT2D eigenvalue weighted by Crippen LogP contribution is -2.44. The first-order valence-electron chi connectivity index (χ1n) is 17.4. The van der Waals surface area contributed by atoms with Gasteiger partial charge in [-0.15, -0.1) is 46.4 Å². The zero-order valence-electron chi connectivity index (χ0n) is 29.3. The van der Waals surface area contributed by atoms with Crippen molar-refractivity contribution in [2.75, 3.05) is 0 Å². The Morgan fingerprint density at radius 2 is 0.704 bits per heavy atom. The predicted molar refractivity (Wildman–Crippen MR) is 226 cm³/mol. The summed E-state index contributed by atoms with van der Waals surface area (Å²) < 4.78 is 4.08. The van der Waals surface area contributed by atoms with Gasteiger partial charge in [0.15, 0.2) is 23.3 Å². The van der Waals surface area contributed by atoms with Gasteiger partial charge in [0.25, 0.3) is 0 Å². The number of fused-ring (bicyclic) bond motifs is 12. The molecule has 0 amide bonds. The van der Waals surface area contributed by atoms with Crippen LogP contribution < -0.4 is 11.0 Å². The molecular formula is C40H28AlCl5N8. The van der Waals surface area contributed by atoms with Crippen LogP contribution in [0.4, 0.5) is 11.6 Å². The monoisotopic (exact) mass is 822 g/mol. The molecule has 2 aromatic heterocycles. The molecule has 266 valence electrons. The first-order valence-corrected chi connectivity index (χ1v) is 21.6. The standard InChI is InChI=1S/C40H28Cl4N8.Al.ClH/c1-37(41)13-5-21-22(6-14-37)30-45-29(21)49-31-23-7-15-38(2,42)17-9-25(23)33(46-31)51-35-27-11-19-40(4,44)20-12-28(27)36(48-35)52-34-26-10-18-39(3,43)16-8-24(26)32(47-34)50-30;;/h5-20H,1-4H3;;1H/q-2;+3;/p-1. The Morgan fingerprint density at radius 3 is 1.06 bits per heavy atom. The third kappa shape index (κ3) is 5.47. The lowest BCUT2D eigenvalue weighted by Gasteiger charge is -2.16. The van der Waals surface area contributed by atoms with Gasteiger partial charge in [0.2, 0.25) is 0 Å². The van der Waals surface area contributed by atoms with Crippen LogP contribution in [0.15, 0.2) is 125 Å². The second kappa shape index (κ2) is 11.6. The molecule has 8 nitrogen and oxygen atoms in total. The molecule has 8 aliphatic rings. The maximum absolute atomic E-state index is 7.99. The molecule has 0 spiro atoms. The van der Waals surface area contributed by atoms with E-state index in [2.05, 4.69) is 0 Å². The molecule has 2 atom stereocenters. The number of rotatable bonds is 0. The van der Waals surface area contributed by atoms with Crippen molar-refractivity contribution in [3.05, 3.63) is 128 Å². The first-order chi connectivity index (χ1) is 25.6. The van der Waals surface area contributed by atoms with Gasteiger partial charge in [-0.3, -0.25) is 0 Å². The molecule has 10 rings (SSSR count). The molecular weight excluding hydrogens is 797 g/mol. The predicted octanol–water partition coefficient (Wildman–Crippen LogP) is 8.98. The van der Waals surface area contributed by atoms with Crippen LogP contribution in [0.3, 0.4) is 0 Å². The van der Waals surface area contributed by atoms with Crippen molar-refractivity contribution in [2.45, 2.75) is 47.2 Å². The van der Waals surface area contributed by atoms with Crippen LogP contribution in [0.2, 0.25) is 0 Å². The van der Waals surface area contributed by atoms with Crippen LogP contribution in [-0.4, -0.2) is 63.6 Å². The van der Waals surface area contributed by atoms with Crippen molar-refractivity contribution < 1.29 is 0 Å². The molecule has 54 heavy (non-hydrogen) atoms. The van der Waals surface area contributed by atoms with Crippen LogP contribution >= 0.6 is 56.5 Å². The molecule has 0 saturated carbocycles. The highest BCUT2D eigenvalue weighted by atomic mass is 35.6. The summed E-state index contributed by atoms with van der Waals surface area (Å²) in [5, 5.41) is 0. The molecule has 14 heteroatoms. The summed E-state index contributed by atoms with van der Waals surface area (Å²) in [6.07, 6.45) is 31.4. The van der Waals surface area contributed by atoms with Gasteiger partial charge in [-0.2, -0.15) is 10.0 Å². The van der Waals surface area contributed by atoms with Gasteiger partial charge >= 0.3 is 13.7 Å². The molecule has 2 aromatic rings. The number of nitrogens with zero attached hydrogens (tertiary/aromatic N) is 8. The van der Waals surface area contributed by atoms with Crippen LogP contribution in [-0.2, 0) is 0 Å². The molecule has 0 N–H and O–H groups in total. The topological polar surface area (TPSA) is 84.0 Å². The van der Waals surface area contributed by atoms with Crippen LogP contribution in [0.1, 0.15) is 49.9 Å². The second-order valence-corrected chi connectivity index (χ2v) is 21.0. The summed E-state index contributed by atoms with van der Waals surface area (Å²) in [7, 11) is 7.99. The van der Waals surface area contributed by atoms with Crippen molar-refractivity contribution in [1.82, 2.24) is 7.10 Å². The van der Waals surface area contributed by atoms with Gasteiger partial charge in [0, 0.05) is 44.5 Å². The van der Waals surface area contributed by atoms with E-state index in [-0.39, 0.29) is 0 Å². The number of alkyl halides is 4. The normalized spacial score (nSPS) is 30.6. The Bertz CT molecular complexity index is 2600. The minimum Gasteiger partial charge on any atom is -0.370 e. The second-order valence-electron chi connectivity index (χ2n) is 14.9. The molecule has 0 fully saturated rings. The number of amidine groups is 4. The highest BCUT2D eigenvalue weighted by Crippen LogP contribution is 2.44. The summed E-state index contributed by atoms with van der Waals surface area (Å²) in [4.78, 5) is 28.6. The zero-order chi connectivity index (χ0) is 37.5. The maximum Gasteiger partial charge on any atom is 0.722 e. The number of hydrogen-bond donors (Lipinski definition) is 0. The summed E-state index contributed by atoms with van der Waals surface area (Å²) in [5.74, 6) is 3.07. The van der Waals surface area contributed by atoms with Gasteiger partial charge in [-0.1, -0.05) is 97.2 Å². The molecule has 6 heterocycles. The first kappa shape index (κ1) is 34.7. The van der Waals surface area contributed by atoms with E-state index in [4.69, 9.17) is 86.4 Å². The quantitative estimate of drug-likeness (QED) is 0.188. The van der Waals surface area contributed by atoms with Gasteiger partial charge in [-0.25, -0.2) is 30.0 Å². The Morgan fingerprint density at radius 1 is 0.407 bits per heavy atom. The van der Waals surface area contributed by atoms with Crippen molar-refractivity contribution in [1.29, 1.82) is 0 Å². The summed E-state index contributed by atoms with van der Waals surface area (Å²) in [6, 6.07) is 0. The van der Waals surface area contributed by atoms with Crippen LogP contribution in [0.25, 0.3) is 24.3 Å². The fraction of sp³-hybridized carbons (Fsp3) is 0.200. The molecule has 0 aromatic carbocycles. The van der Waals surface area contributed by atoms with E-state index < -0.39 is 33.2 Å². The van der Waals surface area contributed by atoms with Crippen molar-refractivity contribution >= 4 is 129 Å². The number of hydrogen-bond acceptors (Lipinski definition) is 6. The smallest absolute Gasteiger partial charge is 0.370 e. The van der Waals surface area contributed by atoms with Crippen LogP contribution in [0, 0.1) is 0 Å². The summed E-state index contributed by atoms with van der Waals surface area (Å²) in [5.41, 5.74) is 7.50. The summed E-state index contributed by atoms with van der Waals surface area (Å²) in [6.45, 7) is 7.73. The number of aromatic nitrogens is 2. The van der Waals surface area contributed by atoms with Gasteiger partial charge < -0.3 is 7.10 Å².